The van der Waals surface area contributed by atoms with Crippen LogP contribution >= 0.6 is 11.3 Å². The zero-order chi connectivity index (χ0) is 14.0. The average Bonchev–Trinajstić information content (AvgIpc) is 2.81. The molecule has 19 heavy (non-hydrogen) atoms. The van der Waals surface area contributed by atoms with Crippen LogP contribution in [0.1, 0.15) is 39.3 Å². The van der Waals surface area contributed by atoms with E-state index in [1.807, 2.05) is 6.92 Å². The molecule has 2 aromatic rings. The Labute approximate surface area is 119 Å². The van der Waals surface area contributed by atoms with Crippen LogP contribution in [0.5, 0.6) is 0 Å². The van der Waals surface area contributed by atoms with Gasteiger partial charge in [0.05, 0.1) is 12.1 Å². The number of fused-ring (bicyclic) bond motifs is 1. The Hall–Kier alpha value is -0.900. The maximum atomic E-state index is 6.52. The van der Waals surface area contributed by atoms with Crippen molar-refractivity contribution < 1.29 is 4.74 Å². The first kappa shape index (κ1) is 14.5. The molecule has 0 radical (unpaired) electrons. The smallest absolute Gasteiger partial charge is 0.0816 e. The van der Waals surface area contributed by atoms with E-state index in [2.05, 4.69) is 50.4 Å². The summed E-state index contributed by atoms with van der Waals surface area (Å²) in [6.07, 6.45) is 0.0187. The topological polar surface area (TPSA) is 35.2 Å². The van der Waals surface area contributed by atoms with E-state index >= 15 is 0 Å². The molecule has 1 aromatic carbocycles. The van der Waals surface area contributed by atoms with Crippen LogP contribution in [0.2, 0.25) is 0 Å². The highest BCUT2D eigenvalue weighted by Gasteiger charge is 2.32. The predicted molar refractivity (Wildman–Crippen MR) is 83.6 cm³/mol. The standard InChI is InChI=1S/C16H23NOS/c1-5-18-15(16(2,3)4)13(17)12-8-6-7-11-9-10-19-14(11)12/h6-10,13,15H,5,17H2,1-4H3. The molecule has 2 unspecified atom stereocenters. The number of ether oxygens (including phenoxy) is 1. The van der Waals surface area contributed by atoms with Crippen molar-refractivity contribution in [3.8, 4) is 0 Å². The third kappa shape index (κ3) is 2.99. The molecule has 2 nitrogen and oxygen atoms in total. The van der Waals surface area contributed by atoms with Gasteiger partial charge >= 0.3 is 0 Å². The van der Waals surface area contributed by atoms with Crippen molar-refractivity contribution in [3.05, 3.63) is 35.2 Å². The molecule has 0 aliphatic heterocycles. The molecule has 104 valence electrons. The second-order valence-corrected chi connectivity index (χ2v) is 6.87. The maximum Gasteiger partial charge on any atom is 0.0816 e. The van der Waals surface area contributed by atoms with Crippen molar-refractivity contribution in [2.24, 2.45) is 11.1 Å². The second-order valence-electron chi connectivity index (χ2n) is 5.95. The number of benzene rings is 1. The van der Waals surface area contributed by atoms with E-state index in [1.165, 1.54) is 15.6 Å². The molecule has 2 N–H and O–H groups in total. The Bertz CT molecular complexity index is 541. The summed E-state index contributed by atoms with van der Waals surface area (Å²) < 4.78 is 7.21. The van der Waals surface area contributed by atoms with Gasteiger partial charge in [0, 0.05) is 11.3 Å². The zero-order valence-electron chi connectivity index (χ0n) is 12.1. The summed E-state index contributed by atoms with van der Waals surface area (Å²) >= 11 is 1.75. The molecule has 3 heteroatoms. The summed E-state index contributed by atoms with van der Waals surface area (Å²) in [5.41, 5.74) is 7.74. The highest BCUT2D eigenvalue weighted by Crippen LogP contribution is 2.36. The van der Waals surface area contributed by atoms with Crippen molar-refractivity contribution in [2.45, 2.75) is 39.8 Å². The predicted octanol–water partition coefficient (Wildman–Crippen LogP) is 4.35. The highest BCUT2D eigenvalue weighted by atomic mass is 32.1. The van der Waals surface area contributed by atoms with E-state index in [4.69, 9.17) is 10.5 Å². The first-order chi connectivity index (χ1) is 8.95. The Kier molecular flexibility index (Phi) is 4.29. The first-order valence-electron chi connectivity index (χ1n) is 6.78. The van der Waals surface area contributed by atoms with Crippen molar-refractivity contribution in [1.82, 2.24) is 0 Å². The van der Waals surface area contributed by atoms with Gasteiger partial charge in [-0.2, -0.15) is 0 Å². The molecule has 0 amide bonds. The largest absolute Gasteiger partial charge is 0.376 e. The maximum absolute atomic E-state index is 6.52. The zero-order valence-corrected chi connectivity index (χ0v) is 13.0. The van der Waals surface area contributed by atoms with Crippen molar-refractivity contribution >= 4 is 21.4 Å². The van der Waals surface area contributed by atoms with Crippen molar-refractivity contribution in [3.63, 3.8) is 0 Å². The Morgan fingerprint density at radius 3 is 2.63 bits per heavy atom. The summed E-state index contributed by atoms with van der Waals surface area (Å²) in [7, 11) is 0. The van der Waals surface area contributed by atoms with Gasteiger partial charge in [-0.25, -0.2) is 0 Å². The molecular formula is C16H23NOS. The molecule has 0 aliphatic carbocycles. The van der Waals surface area contributed by atoms with Gasteiger partial charge in [0.1, 0.15) is 0 Å². The lowest BCUT2D eigenvalue weighted by atomic mass is 9.82. The Morgan fingerprint density at radius 1 is 1.26 bits per heavy atom. The van der Waals surface area contributed by atoms with Gasteiger partial charge < -0.3 is 10.5 Å². The molecule has 0 fully saturated rings. The van der Waals surface area contributed by atoms with E-state index in [-0.39, 0.29) is 17.6 Å². The number of hydrogen-bond donors (Lipinski definition) is 1. The van der Waals surface area contributed by atoms with Crippen molar-refractivity contribution in [1.29, 1.82) is 0 Å². The molecule has 0 spiro atoms. The van der Waals surface area contributed by atoms with Crippen LogP contribution in [-0.4, -0.2) is 12.7 Å². The fraction of sp³-hybridized carbons (Fsp3) is 0.500. The van der Waals surface area contributed by atoms with E-state index in [9.17, 15) is 0 Å². The number of nitrogens with two attached hydrogens (primary N) is 1. The summed E-state index contributed by atoms with van der Waals surface area (Å²) in [5, 5.41) is 3.38. The third-order valence-corrected chi connectivity index (χ3v) is 4.37. The van der Waals surface area contributed by atoms with Gasteiger partial charge in [-0.1, -0.05) is 39.0 Å². The average molecular weight is 277 g/mol. The number of hydrogen-bond acceptors (Lipinski definition) is 3. The summed E-state index contributed by atoms with van der Waals surface area (Å²) in [6, 6.07) is 8.39. The lowest BCUT2D eigenvalue weighted by molar-refractivity contribution is -0.0280. The lowest BCUT2D eigenvalue weighted by Crippen LogP contribution is -2.39. The molecule has 0 saturated heterocycles. The molecule has 1 heterocycles. The van der Waals surface area contributed by atoms with Crippen LogP contribution in [0.3, 0.4) is 0 Å². The third-order valence-electron chi connectivity index (χ3n) is 3.39. The molecular weight excluding hydrogens is 254 g/mol. The monoisotopic (exact) mass is 277 g/mol. The number of rotatable bonds is 4. The van der Waals surface area contributed by atoms with Crippen LogP contribution in [0.4, 0.5) is 0 Å². The molecule has 0 aliphatic rings. The Morgan fingerprint density at radius 2 is 2.00 bits per heavy atom. The number of thiophene rings is 1. The van der Waals surface area contributed by atoms with E-state index in [0.29, 0.717) is 6.61 Å². The van der Waals surface area contributed by atoms with E-state index < -0.39 is 0 Å². The minimum Gasteiger partial charge on any atom is -0.376 e. The van der Waals surface area contributed by atoms with Crippen LogP contribution < -0.4 is 5.73 Å². The summed E-state index contributed by atoms with van der Waals surface area (Å²) in [6.45, 7) is 9.26. The van der Waals surface area contributed by atoms with Crippen LogP contribution in [0, 0.1) is 5.41 Å². The van der Waals surface area contributed by atoms with Gasteiger partial charge in [0.15, 0.2) is 0 Å². The summed E-state index contributed by atoms with van der Waals surface area (Å²) in [4.78, 5) is 0. The fourth-order valence-electron chi connectivity index (χ4n) is 2.51. The molecule has 0 saturated carbocycles. The minimum atomic E-state index is -0.0951. The van der Waals surface area contributed by atoms with Gasteiger partial charge in [-0.3, -0.25) is 0 Å². The van der Waals surface area contributed by atoms with E-state index in [1.54, 1.807) is 11.3 Å². The van der Waals surface area contributed by atoms with E-state index in [0.717, 1.165) is 0 Å². The van der Waals surface area contributed by atoms with Gasteiger partial charge in [-0.15, -0.1) is 11.3 Å². The van der Waals surface area contributed by atoms with Crippen LogP contribution in [0.25, 0.3) is 10.1 Å². The molecule has 0 bridgehead atoms. The first-order valence-corrected chi connectivity index (χ1v) is 7.66. The Balaban J connectivity index is 2.41. The van der Waals surface area contributed by atoms with Gasteiger partial charge in [-0.05, 0) is 34.7 Å². The normalized spacial score (nSPS) is 15.6. The quantitative estimate of drug-likeness (QED) is 0.901. The molecule has 2 rings (SSSR count). The van der Waals surface area contributed by atoms with Gasteiger partial charge in [0.2, 0.25) is 0 Å². The second kappa shape index (κ2) is 5.61. The van der Waals surface area contributed by atoms with Crippen LogP contribution in [0.15, 0.2) is 29.6 Å². The molecule has 1 aromatic heterocycles. The fourth-order valence-corrected chi connectivity index (χ4v) is 3.48. The van der Waals surface area contributed by atoms with Gasteiger partial charge in [0.25, 0.3) is 0 Å². The highest BCUT2D eigenvalue weighted by molar-refractivity contribution is 7.17. The lowest BCUT2D eigenvalue weighted by Gasteiger charge is -2.35. The summed E-state index contributed by atoms with van der Waals surface area (Å²) in [5.74, 6) is 0. The van der Waals surface area contributed by atoms with Crippen LogP contribution in [-0.2, 0) is 4.74 Å². The SMILES string of the molecule is CCOC(C(N)c1cccc2ccsc12)C(C)(C)C. The molecule has 2 atom stereocenters. The minimum absolute atomic E-state index is 0.0187. The van der Waals surface area contributed by atoms with Crippen molar-refractivity contribution in [2.75, 3.05) is 6.61 Å².